The number of halogens is 2. The van der Waals surface area contributed by atoms with Gasteiger partial charge in [-0.2, -0.15) is 9.57 Å². The molecule has 1 amide bonds. The zero-order valence-corrected chi connectivity index (χ0v) is 18.3. The molecule has 2 aromatic rings. The van der Waals surface area contributed by atoms with Gasteiger partial charge in [0.05, 0.1) is 9.37 Å². The van der Waals surface area contributed by atoms with Crippen molar-refractivity contribution >= 4 is 43.6 Å². The SMILES string of the molecule is N#C/C(=C\c1ccc(F)c(Br)c1)C(=O)Nc1cccc(S(=O)(=O)N2CCCCC2)c1. The van der Waals surface area contributed by atoms with Crippen LogP contribution in [0.15, 0.2) is 57.4 Å². The number of anilines is 1. The number of hydrogen-bond acceptors (Lipinski definition) is 4. The molecule has 0 aromatic heterocycles. The lowest BCUT2D eigenvalue weighted by Gasteiger charge is -2.26. The first-order valence-corrected chi connectivity index (χ1v) is 11.5. The van der Waals surface area contributed by atoms with Crippen LogP contribution >= 0.6 is 15.9 Å². The summed E-state index contributed by atoms with van der Waals surface area (Å²) in [7, 11) is -3.64. The quantitative estimate of drug-likeness (QED) is 0.498. The molecule has 156 valence electrons. The van der Waals surface area contributed by atoms with Crippen LogP contribution in [-0.4, -0.2) is 31.7 Å². The summed E-state index contributed by atoms with van der Waals surface area (Å²) in [4.78, 5) is 12.6. The number of nitrogens with zero attached hydrogens (tertiary/aromatic N) is 2. The van der Waals surface area contributed by atoms with E-state index in [1.165, 1.54) is 40.7 Å². The smallest absolute Gasteiger partial charge is 0.266 e. The molecule has 0 spiro atoms. The van der Waals surface area contributed by atoms with Gasteiger partial charge in [0.25, 0.3) is 5.91 Å². The number of carbonyl (C=O) groups excluding carboxylic acids is 1. The monoisotopic (exact) mass is 491 g/mol. The minimum atomic E-state index is -3.64. The van der Waals surface area contributed by atoms with Crippen LogP contribution in [0.3, 0.4) is 0 Å². The van der Waals surface area contributed by atoms with Crippen molar-refractivity contribution in [3.8, 4) is 6.07 Å². The molecule has 30 heavy (non-hydrogen) atoms. The van der Waals surface area contributed by atoms with Crippen molar-refractivity contribution in [2.45, 2.75) is 24.2 Å². The molecule has 1 heterocycles. The van der Waals surface area contributed by atoms with Gasteiger partial charge in [0.2, 0.25) is 10.0 Å². The lowest BCUT2D eigenvalue weighted by molar-refractivity contribution is -0.112. The summed E-state index contributed by atoms with van der Waals surface area (Å²) in [6.45, 7) is 0.959. The molecule has 0 bridgehead atoms. The molecular formula is C21H19BrFN3O3S. The summed E-state index contributed by atoms with van der Waals surface area (Å²) >= 11 is 3.06. The van der Waals surface area contributed by atoms with Gasteiger partial charge in [0.1, 0.15) is 17.5 Å². The van der Waals surface area contributed by atoms with Crippen molar-refractivity contribution in [1.82, 2.24) is 4.31 Å². The van der Waals surface area contributed by atoms with Crippen LogP contribution in [0.2, 0.25) is 0 Å². The molecule has 1 aliphatic rings. The largest absolute Gasteiger partial charge is 0.321 e. The second kappa shape index (κ2) is 9.51. The molecule has 1 fully saturated rings. The number of hydrogen-bond donors (Lipinski definition) is 1. The van der Waals surface area contributed by atoms with Gasteiger partial charge >= 0.3 is 0 Å². The minimum Gasteiger partial charge on any atom is -0.321 e. The Balaban J connectivity index is 1.80. The fourth-order valence-electron chi connectivity index (χ4n) is 3.10. The van der Waals surface area contributed by atoms with E-state index in [-0.39, 0.29) is 20.6 Å². The molecule has 9 heteroatoms. The maximum Gasteiger partial charge on any atom is 0.266 e. The highest BCUT2D eigenvalue weighted by Crippen LogP contribution is 2.23. The average molecular weight is 492 g/mol. The van der Waals surface area contributed by atoms with Crippen molar-refractivity contribution in [2.24, 2.45) is 0 Å². The summed E-state index contributed by atoms with van der Waals surface area (Å²) in [6.07, 6.45) is 3.99. The second-order valence-corrected chi connectivity index (χ2v) is 9.58. The standard InChI is InChI=1S/C21H19BrFN3O3S/c22-19-12-15(7-8-20(19)23)11-16(14-24)21(27)25-17-5-4-6-18(13-17)30(28,29)26-9-2-1-3-10-26/h4-8,11-13H,1-3,9-10H2,(H,25,27)/b16-11+. The molecule has 6 nitrogen and oxygen atoms in total. The predicted octanol–water partition coefficient (Wildman–Crippen LogP) is 4.31. The zero-order chi connectivity index (χ0) is 21.7. The van der Waals surface area contributed by atoms with Crippen LogP contribution in [0, 0.1) is 17.1 Å². The maximum absolute atomic E-state index is 13.4. The second-order valence-electron chi connectivity index (χ2n) is 6.79. The van der Waals surface area contributed by atoms with Crippen LogP contribution in [-0.2, 0) is 14.8 Å². The Morgan fingerprint density at radius 1 is 1.17 bits per heavy atom. The van der Waals surface area contributed by atoms with Gasteiger partial charge in [-0.25, -0.2) is 12.8 Å². The molecule has 2 aromatic carbocycles. The molecule has 3 rings (SSSR count). The number of sulfonamides is 1. The van der Waals surface area contributed by atoms with Crippen LogP contribution in [0.4, 0.5) is 10.1 Å². The topological polar surface area (TPSA) is 90.3 Å². The van der Waals surface area contributed by atoms with E-state index in [0.29, 0.717) is 18.7 Å². The van der Waals surface area contributed by atoms with Crippen molar-refractivity contribution in [2.75, 3.05) is 18.4 Å². The van der Waals surface area contributed by atoms with Gasteiger partial charge in [-0.3, -0.25) is 4.79 Å². The van der Waals surface area contributed by atoms with Crippen molar-refractivity contribution in [1.29, 1.82) is 5.26 Å². The Labute approximate surface area is 183 Å². The fourth-order valence-corrected chi connectivity index (χ4v) is 5.06. The highest BCUT2D eigenvalue weighted by atomic mass is 79.9. The van der Waals surface area contributed by atoms with E-state index < -0.39 is 21.7 Å². The van der Waals surface area contributed by atoms with Gasteiger partial charge in [-0.1, -0.05) is 18.6 Å². The minimum absolute atomic E-state index is 0.0900. The van der Waals surface area contributed by atoms with E-state index in [4.69, 9.17) is 0 Å². The molecule has 0 aliphatic carbocycles. The first kappa shape index (κ1) is 22.2. The van der Waals surface area contributed by atoms with Crippen molar-refractivity contribution in [3.63, 3.8) is 0 Å². The predicted molar refractivity (Wildman–Crippen MR) is 115 cm³/mol. The number of piperidine rings is 1. The summed E-state index contributed by atoms with van der Waals surface area (Å²) in [5.74, 6) is -1.15. The molecule has 0 radical (unpaired) electrons. The number of rotatable bonds is 5. The van der Waals surface area contributed by atoms with Crippen LogP contribution < -0.4 is 5.32 Å². The van der Waals surface area contributed by atoms with Crippen LogP contribution in [0.25, 0.3) is 6.08 Å². The lowest BCUT2D eigenvalue weighted by atomic mass is 10.1. The third-order valence-corrected chi connectivity index (χ3v) is 7.17. The van der Waals surface area contributed by atoms with E-state index in [9.17, 15) is 22.9 Å². The first-order valence-electron chi connectivity index (χ1n) is 9.29. The van der Waals surface area contributed by atoms with E-state index in [2.05, 4.69) is 21.2 Å². The summed E-state index contributed by atoms with van der Waals surface area (Å²) in [5, 5.41) is 11.9. The Morgan fingerprint density at radius 2 is 1.90 bits per heavy atom. The summed E-state index contributed by atoms with van der Waals surface area (Å²) < 4.78 is 40.7. The van der Waals surface area contributed by atoms with Gasteiger partial charge in [0.15, 0.2) is 0 Å². The zero-order valence-electron chi connectivity index (χ0n) is 15.9. The average Bonchev–Trinajstić information content (AvgIpc) is 2.75. The maximum atomic E-state index is 13.4. The highest BCUT2D eigenvalue weighted by Gasteiger charge is 2.26. The van der Waals surface area contributed by atoms with Gasteiger partial charge in [-0.05, 0) is 70.7 Å². The Morgan fingerprint density at radius 3 is 2.57 bits per heavy atom. The van der Waals surface area contributed by atoms with E-state index in [1.807, 2.05) is 6.07 Å². The third kappa shape index (κ3) is 5.14. The Kier molecular flexibility index (Phi) is 7.02. The molecule has 0 atom stereocenters. The van der Waals surface area contributed by atoms with Crippen molar-refractivity contribution in [3.05, 3.63) is 63.9 Å². The summed E-state index contributed by atoms with van der Waals surface area (Å²) in [5.41, 5.74) is 0.536. The van der Waals surface area contributed by atoms with Gasteiger partial charge in [0, 0.05) is 18.8 Å². The number of nitrogens with one attached hydrogen (secondary N) is 1. The van der Waals surface area contributed by atoms with Crippen LogP contribution in [0.5, 0.6) is 0 Å². The third-order valence-electron chi connectivity index (χ3n) is 4.66. The molecule has 0 saturated carbocycles. The Hall–Kier alpha value is -2.54. The number of carbonyl (C=O) groups is 1. The molecule has 1 saturated heterocycles. The van der Waals surface area contributed by atoms with E-state index >= 15 is 0 Å². The van der Waals surface area contributed by atoms with Gasteiger partial charge < -0.3 is 5.32 Å². The molecule has 1 N–H and O–H groups in total. The number of nitriles is 1. The molecular weight excluding hydrogens is 473 g/mol. The van der Waals surface area contributed by atoms with E-state index in [1.54, 1.807) is 12.1 Å². The Bertz CT molecular complexity index is 1140. The van der Waals surface area contributed by atoms with Crippen LogP contribution in [0.1, 0.15) is 24.8 Å². The highest BCUT2D eigenvalue weighted by molar-refractivity contribution is 9.10. The van der Waals surface area contributed by atoms with Crippen molar-refractivity contribution < 1.29 is 17.6 Å². The lowest BCUT2D eigenvalue weighted by Crippen LogP contribution is -2.35. The van der Waals surface area contributed by atoms with Gasteiger partial charge in [-0.15, -0.1) is 0 Å². The molecule has 1 aliphatic heterocycles. The molecule has 0 unspecified atom stereocenters. The fraction of sp³-hybridized carbons (Fsp3) is 0.238. The first-order chi connectivity index (χ1) is 14.3. The normalized spacial score (nSPS) is 15.4. The van der Waals surface area contributed by atoms with E-state index in [0.717, 1.165) is 19.3 Å². The number of amides is 1. The summed E-state index contributed by atoms with van der Waals surface area (Å²) in [6, 6.07) is 11.9. The number of benzene rings is 2.